The van der Waals surface area contributed by atoms with Crippen molar-refractivity contribution in [2.75, 3.05) is 47.5 Å². The molecule has 8 nitrogen and oxygen atoms in total. The van der Waals surface area contributed by atoms with E-state index in [-0.39, 0.29) is 23.3 Å². The van der Waals surface area contributed by atoms with Crippen LogP contribution in [0.3, 0.4) is 0 Å². The lowest BCUT2D eigenvalue weighted by atomic mass is 9.63. The molecule has 1 aromatic heterocycles. The molecule has 2 amide bonds. The molecule has 3 aromatic rings. The first-order valence-corrected chi connectivity index (χ1v) is 14.9. The summed E-state index contributed by atoms with van der Waals surface area (Å²) in [6.45, 7) is 4.90. The molecule has 2 aliphatic heterocycles. The van der Waals surface area contributed by atoms with Gasteiger partial charge in [-0.3, -0.25) is 14.5 Å². The first kappa shape index (κ1) is 29.0. The Morgan fingerprint density at radius 1 is 0.976 bits per heavy atom. The van der Waals surface area contributed by atoms with E-state index >= 15 is 0 Å². The van der Waals surface area contributed by atoms with Gasteiger partial charge in [-0.15, -0.1) is 11.3 Å². The Bertz CT molecular complexity index is 1360. The molecule has 0 saturated carbocycles. The molecule has 0 bridgehead atoms. The third-order valence-corrected chi connectivity index (χ3v) is 10.3. The normalized spacial score (nSPS) is 24.7. The van der Waals surface area contributed by atoms with E-state index in [1.165, 1.54) is 4.88 Å². The van der Waals surface area contributed by atoms with Crippen LogP contribution < -0.4 is 19.9 Å². The van der Waals surface area contributed by atoms with Gasteiger partial charge >= 0.3 is 0 Å². The molecular formula is C32H39N3O5S. The number of likely N-dealkylation sites (N-methyl/N-ethyl adjacent to an activating group) is 1. The molecule has 2 saturated heterocycles. The maximum absolute atomic E-state index is 14.0. The van der Waals surface area contributed by atoms with Crippen molar-refractivity contribution in [1.82, 2.24) is 9.80 Å². The van der Waals surface area contributed by atoms with E-state index in [0.29, 0.717) is 48.7 Å². The van der Waals surface area contributed by atoms with Gasteiger partial charge in [-0.1, -0.05) is 43.3 Å². The zero-order valence-electron chi connectivity index (χ0n) is 24.2. The van der Waals surface area contributed by atoms with Crippen molar-refractivity contribution in [2.45, 2.75) is 43.1 Å². The van der Waals surface area contributed by atoms with E-state index in [1.54, 1.807) is 44.8 Å². The molecule has 3 atom stereocenters. The van der Waals surface area contributed by atoms with Gasteiger partial charge in [0.2, 0.25) is 11.7 Å². The lowest BCUT2D eigenvalue weighted by molar-refractivity contribution is -0.127. The fraction of sp³-hybridized carbons (Fsp3) is 0.438. The summed E-state index contributed by atoms with van der Waals surface area (Å²) in [4.78, 5) is 32.9. The highest BCUT2D eigenvalue weighted by atomic mass is 32.1. The van der Waals surface area contributed by atoms with Gasteiger partial charge in [0, 0.05) is 35.0 Å². The average molecular weight is 578 g/mol. The van der Waals surface area contributed by atoms with Crippen LogP contribution in [0.5, 0.6) is 17.2 Å². The monoisotopic (exact) mass is 577 g/mol. The second kappa shape index (κ2) is 11.7. The third-order valence-electron chi connectivity index (χ3n) is 9.16. The fourth-order valence-corrected chi connectivity index (χ4v) is 7.95. The van der Waals surface area contributed by atoms with Crippen molar-refractivity contribution in [3.05, 3.63) is 76.0 Å². The number of nitrogens with two attached hydrogens (primary N) is 1. The number of methoxy groups -OCH3 is 3. The van der Waals surface area contributed by atoms with E-state index in [9.17, 15) is 9.59 Å². The van der Waals surface area contributed by atoms with Crippen LogP contribution >= 0.6 is 11.3 Å². The number of rotatable bonds is 9. The average Bonchev–Trinajstić information content (AvgIpc) is 3.72. The molecule has 2 N–H and O–H groups in total. The number of piperidine rings is 1. The summed E-state index contributed by atoms with van der Waals surface area (Å²) in [7, 11) is 4.63. The third kappa shape index (κ3) is 4.95. The van der Waals surface area contributed by atoms with Crippen LogP contribution in [0, 0.1) is 0 Å². The number of hydrogen-bond donors (Lipinski definition) is 1. The van der Waals surface area contributed by atoms with E-state index < -0.39 is 5.41 Å². The van der Waals surface area contributed by atoms with Crippen molar-refractivity contribution in [3.8, 4) is 17.2 Å². The van der Waals surface area contributed by atoms with Crippen LogP contribution in [0.4, 0.5) is 0 Å². The van der Waals surface area contributed by atoms with Gasteiger partial charge in [-0.25, -0.2) is 0 Å². The smallest absolute Gasteiger partial charge is 0.254 e. The van der Waals surface area contributed by atoms with Crippen LogP contribution in [0.1, 0.15) is 47.0 Å². The highest BCUT2D eigenvalue weighted by molar-refractivity contribution is 7.10. The van der Waals surface area contributed by atoms with E-state index in [1.807, 2.05) is 35.2 Å². The standard InChI is InChI=1S/C32H39N3O5S/c1-5-34-15-13-31(30(33)37,23-10-7-6-8-11-23)20-26(34)32(27-12-9-17-41-27)14-16-35(21-32)29(36)22-18-24(38-2)28(40-4)25(19-22)39-3/h6-12,17-19,26H,5,13-16,20-21H2,1-4H3,(H2,33,37). The van der Waals surface area contributed by atoms with Gasteiger partial charge in [0.1, 0.15) is 0 Å². The molecule has 0 aliphatic carbocycles. The van der Waals surface area contributed by atoms with Crippen LogP contribution in [0.15, 0.2) is 60.0 Å². The summed E-state index contributed by atoms with van der Waals surface area (Å²) < 4.78 is 16.5. The Hall–Kier alpha value is -3.56. The second-order valence-corrected chi connectivity index (χ2v) is 11.9. The molecule has 2 aromatic carbocycles. The quantitative estimate of drug-likeness (QED) is 0.404. The Morgan fingerprint density at radius 2 is 1.68 bits per heavy atom. The largest absolute Gasteiger partial charge is 0.493 e. The molecule has 218 valence electrons. The Balaban J connectivity index is 1.54. The van der Waals surface area contributed by atoms with E-state index in [4.69, 9.17) is 19.9 Å². The molecule has 9 heteroatoms. The Labute approximate surface area is 246 Å². The summed E-state index contributed by atoms with van der Waals surface area (Å²) in [6.07, 6.45) is 2.06. The second-order valence-electron chi connectivity index (χ2n) is 10.9. The molecule has 2 aliphatic rings. The van der Waals surface area contributed by atoms with E-state index in [0.717, 1.165) is 25.1 Å². The molecule has 0 radical (unpaired) electrons. The molecule has 3 heterocycles. The van der Waals surface area contributed by atoms with Gasteiger partial charge < -0.3 is 24.8 Å². The number of thiophene rings is 1. The predicted molar refractivity (Wildman–Crippen MR) is 160 cm³/mol. The highest BCUT2D eigenvalue weighted by Gasteiger charge is 2.55. The van der Waals surface area contributed by atoms with Crippen molar-refractivity contribution in [3.63, 3.8) is 0 Å². The summed E-state index contributed by atoms with van der Waals surface area (Å²) in [5, 5.41) is 2.10. The van der Waals surface area contributed by atoms with Crippen molar-refractivity contribution in [2.24, 2.45) is 5.73 Å². The minimum absolute atomic E-state index is 0.0188. The van der Waals surface area contributed by atoms with Crippen molar-refractivity contribution >= 4 is 23.2 Å². The lowest BCUT2D eigenvalue weighted by Crippen LogP contribution is -2.61. The number of benzene rings is 2. The summed E-state index contributed by atoms with van der Waals surface area (Å²) in [5.74, 6) is 0.959. The molecule has 2 fully saturated rings. The van der Waals surface area contributed by atoms with Gasteiger partial charge in [0.15, 0.2) is 11.5 Å². The number of likely N-dealkylation sites (tertiary alicyclic amines) is 2. The zero-order valence-corrected chi connectivity index (χ0v) is 25.0. The SMILES string of the molecule is CCN1CCC(C(N)=O)(c2ccccc2)CC1C1(c2cccs2)CCN(C(=O)c2cc(OC)c(OC)c(OC)c2)C1. The Kier molecular flexibility index (Phi) is 8.29. The van der Waals surface area contributed by atoms with Gasteiger partial charge in [-0.2, -0.15) is 0 Å². The van der Waals surface area contributed by atoms with Crippen LogP contribution in [-0.4, -0.2) is 75.2 Å². The number of hydrogen-bond acceptors (Lipinski definition) is 7. The minimum Gasteiger partial charge on any atom is -0.493 e. The van der Waals surface area contributed by atoms with Gasteiger partial charge in [-0.05, 0) is 61.5 Å². The number of carbonyl (C=O) groups is 2. The number of carbonyl (C=O) groups excluding carboxylic acids is 2. The molecular weight excluding hydrogens is 538 g/mol. The summed E-state index contributed by atoms with van der Waals surface area (Å²) in [5.41, 5.74) is 6.55. The fourth-order valence-electron chi connectivity index (χ4n) is 6.95. The van der Waals surface area contributed by atoms with Crippen LogP contribution in [0.25, 0.3) is 0 Å². The van der Waals surface area contributed by atoms with E-state index in [2.05, 4.69) is 29.3 Å². The van der Waals surface area contributed by atoms with Crippen molar-refractivity contribution < 1.29 is 23.8 Å². The lowest BCUT2D eigenvalue weighted by Gasteiger charge is -2.51. The van der Waals surface area contributed by atoms with Gasteiger partial charge in [0.25, 0.3) is 5.91 Å². The van der Waals surface area contributed by atoms with Crippen LogP contribution in [0.2, 0.25) is 0 Å². The van der Waals surface area contributed by atoms with Gasteiger partial charge in [0.05, 0.1) is 26.7 Å². The molecule has 5 rings (SSSR count). The van der Waals surface area contributed by atoms with Crippen molar-refractivity contribution in [1.29, 1.82) is 0 Å². The first-order valence-electron chi connectivity index (χ1n) is 14.1. The maximum atomic E-state index is 14.0. The first-order chi connectivity index (χ1) is 19.8. The molecule has 41 heavy (non-hydrogen) atoms. The number of amides is 2. The predicted octanol–water partition coefficient (Wildman–Crippen LogP) is 4.47. The topological polar surface area (TPSA) is 94.3 Å². The molecule has 0 spiro atoms. The summed E-state index contributed by atoms with van der Waals surface area (Å²) in [6, 6.07) is 17.7. The zero-order chi connectivity index (χ0) is 29.2. The van der Waals surface area contributed by atoms with Crippen LogP contribution in [-0.2, 0) is 15.6 Å². The highest BCUT2D eigenvalue weighted by Crippen LogP contribution is 2.50. The maximum Gasteiger partial charge on any atom is 0.254 e. The number of ether oxygens (including phenoxy) is 3. The number of nitrogens with zero attached hydrogens (tertiary/aromatic N) is 2. The molecule has 3 unspecified atom stereocenters. The number of primary amides is 1. The summed E-state index contributed by atoms with van der Waals surface area (Å²) >= 11 is 1.72. The minimum atomic E-state index is -0.768. The Morgan fingerprint density at radius 3 is 2.24 bits per heavy atom.